The van der Waals surface area contributed by atoms with E-state index in [-0.39, 0.29) is 5.54 Å². The smallest absolute Gasteiger partial charge is 0.0244 e. The molecule has 3 heteroatoms. The van der Waals surface area contributed by atoms with Gasteiger partial charge in [0.1, 0.15) is 0 Å². The van der Waals surface area contributed by atoms with E-state index in [1.54, 1.807) is 0 Å². The Balaban J connectivity index is 2.69. The van der Waals surface area contributed by atoms with Gasteiger partial charge in [0.05, 0.1) is 0 Å². The zero-order valence-corrected chi connectivity index (χ0v) is 14.6. The number of benzene rings is 1. The number of nitrogens with zero attached hydrogens (tertiary/aromatic N) is 1. The summed E-state index contributed by atoms with van der Waals surface area (Å²) in [7, 11) is 2.16. The third-order valence-electron chi connectivity index (χ3n) is 3.24. The maximum absolute atomic E-state index is 3.69. The van der Waals surface area contributed by atoms with Gasteiger partial charge >= 0.3 is 0 Å². The predicted molar refractivity (Wildman–Crippen MR) is 87.3 cm³/mol. The lowest BCUT2D eigenvalue weighted by Gasteiger charge is -2.23. The summed E-state index contributed by atoms with van der Waals surface area (Å²) in [4.78, 5) is 2.34. The van der Waals surface area contributed by atoms with E-state index in [4.69, 9.17) is 0 Å². The largest absolute Gasteiger partial charge is 0.308 e. The zero-order chi connectivity index (χ0) is 14.6. The molecule has 0 fully saturated rings. The van der Waals surface area contributed by atoms with Crippen LogP contribution in [0.4, 0.5) is 0 Å². The minimum atomic E-state index is 0.156. The Morgan fingerprint density at radius 1 is 1.26 bits per heavy atom. The fraction of sp³-hybridized carbons (Fsp3) is 0.625. The third kappa shape index (κ3) is 6.07. The Hall–Kier alpha value is -0.380. The van der Waals surface area contributed by atoms with Crippen molar-refractivity contribution in [2.75, 3.05) is 7.05 Å². The van der Waals surface area contributed by atoms with Gasteiger partial charge in [-0.15, -0.1) is 0 Å². The second-order valence-electron chi connectivity index (χ2n) is 6.54. The minimum Gasteiger partial charge on any atom is -0.308 e. The molecule has 0 spiro atoms. The molecule has 1 N–H and O–H groups in total. The van der Waals surface area contributed by atoms with Gasteiger partial charge in [-0.05, 0) is 58.9 Å². The molecule has 0 bridgehead atoms. The highest BCUT2D eigenvalue weighted by atomic mass is 79.9. The van der Waals surface area contributed by atoms with Gasteiger partial charge in [-0.25, -0.2) is 0 Å². The standard InChI is InChI=1S/C16H27BrN2/c1-12(2)19(6)11-14-8-7-13(9-15(14)17)10-18-16(3,4)5/h7-9,12,18H,10-11H2,1-6H3. The Morgan fingerprint density at radius 2 is 1.89 bits per heavy atom. The zero-order valence-electron chi connectivity index (χ0n) is 13.0. The molecule has 1 aromatic carbocycles. The first-order valence-corrected chi connectivity index (χ1v) is 7.71. The van der Waals surface area contributed by atoms with Crippen molar-refractivity contribution in [1.82, 2.24) is 10.2 Å². The average Bonchev–Trinajstić information content (AvgIpc) is 2.28. The van der Waals surface area contributed by atoms with Crippen molar-refractivity contribution in [2.24, 2.45) is 0 Å². The molecule has 0 aliphatic carbocycles. The van der Waals surface area contributed by atoms with E-state index in [0.717, 1.165) is 13.1 Å². The van der Waals surface area contributed by atoms with Crippen LogP contribution in [0.2, 0.25) is 0 Å². The van der Waals surface area contributed by atoms with Crippen LogP contribution in [0.5, 0.6) is 0 Å². The summed E-state index contributed by atoms with van der Waals surface area (Å²) in [6.45, 7) is 12.9. The molecule has 108 valence electrons. The lowest BCUT2D eigenvalue weighted by molar-refractivity contribution is 0.265. The maximum Gasteiger partial charge on any atom is 0.0244 e. The molecule has 19 heavy (non-hydrogen) atoms. The fourth-order valence-electron chi connectivity index (χ4n) is 1.65. The summed E-state index contributed by atoms with van der Waals surface area (Å²) in [5.41, 5.74) is 2.82. The molecule has 0 unspecified atom stereocenters. The molecule has 2 nitrogen and oxygen atoms in total. The predicted octanol–water partition coefficient (Wildman–Crippen LogP) is 4.18. The van der Waals surface area contributed by atoms with E-state index in [0.29, 0.717) is 6.04 Å². The maximum atomic E-state index is 3.69. The molecule has 0 atom stereocenters. The SMILES string of the molecule is CC(C)N(C)Cc1ccc(CNC(C)(C)C)cc1Br. The molecule has 0 amide bonds. The number of rotatable bonds is 5. The first kappa shape index (κ1) is 16.7. The first-order chi connectivity index (χ1) is 8.69. The summed E-state index contributed by atoms with van der Waals surface area (Å²) in [6, 6.07) is 7.23. The van der Waals surface area contributed by atoms with Crippen LogP contribution in [0.1, 0.15) is 45.7 Å². The van der Waals surface area contributed by atoms with Gasteiger partial charge in [0, 0.05) is 29.1 Å². The molecule has 0 saturated carbocycles. The van der Waals surface area contributed by atoms with Crippen LogP contribution in [0, 0.1) is 0 Å². The van der Waals surface area contributed by atoms with Gasteiger partial charge in [0.15, 0.2) is 0 Å². The molecule has 1 aromatic rings. The van der Waals surface area contributed by atoms with Crippen LogP contribution in [-0.2, 0) is 13.1 Å². The second-order valence-corrected chi connectivity index (χ2v) is 7.39. The highest BCUT2D eigenvalue weighted by Crippen LogP contribution is 2.21. The average molecular weight is 327 g/mol. The fourth-order valence-corrected chi connectivity index (χ4v) is 2.20. The van der Waals surface area contributed by atoms with E-state index >= 15 is 0 Å². The minimum absolute atomic E-state index is 0.156. The van der Waals surface area contributed by atoms with Crippen LogP contribution in [-0.4, -0.2) is 23.5 Å². The summed E-state index contributed by atoms with van der Waals surface area (Å²) in [5.74, 6) is 0. The number of hydrogen-bond donors (Lipinski definition) is 1. The van der Waals surface area contributed by atoms with Crippen LogP contribution in [0.3, 0.4) is 0 Å². The monoisotopic (exact) mass is 326 g/mol. The van der Waals surface area contributed by atoms with Crippen LogP contribution in [0.15, 0.2) is 22.7 Å². The summed E-state index contributed by atoms with van der Waals surface area (Å²) in [5, 5.41) is 3.51. The van der Waals surface area contributed by atoms with Crippen molar-refractivity contribution in [3.05, 3.63) is 33.8 Å². The van der Waals surface area contributed by atoms with Gasteiger partial charge < -0.3 is 5.32 Å². The molecule has 0 saturated heterocycles. The topological polar surface area (TPSA) is 15.3 Å². The van der Waals surface area contributed by atoms with Crippen molar-refractivity contribution in [2.45, 2.75) is 59.3 Å². The molecule has 0 heterocycles. The molecule has 0 aliphatic heterocycles. The van der Waals surface area contributed by atoms with Crippen LogP contribution >= 0.6 is 15.9 Å². The lowest BCUT2D eigenvalue weighted by Crippen LogP contribution is -2.35. The van der Waals surface area contributed by atoms with Crippen molar-refractivity contribution >= 4 is 15.9 Å². The van der Waals surface area contributed by atoms with Gasteiger partial charge in [0.25, 0.3) is 0 Å². The normalized spacial score (nSPS) is 12.5. The Bertz CT molecular complexity index is 408. The van der Waals surface area contributed by atoms with Crippen molar-refractivity contribution in [3.63, 3.8) is 0 Å². The molecule has 0 radical (unpaired) electrons. The lowest BCUT2D eigenvalue weighted by atomic mass is 10.1. The Labute approximate surface area is 126 Å². The molecule has 1 rings (SSSR count). The molecular weight excluding hydrogens is 300 g/mol. The first-order valence-electron chi connectivity index (χ1n) is 6.91. The van der Waals surface area contributed by atoms with E-state index in [9.17, 15) is 0 Å². The number of halogens is 1. The van der Waals surface area contributed by atoms with Gasteiger partial charge in [-0.2, -0.15) is 0 Å². The van der Waals surface area contributed by atoms with E-state index in [1.165, 1.54) is 15.6 Å². The summed E-state index contributed by atoms with van der Waals surface area (Å²) >= 11 is 3.69. The highest BCUT2D eigenvalue weighted by molar-refractivity contribution is 9.10. The summed E-state index contributed by atoms with van der Waals surface area (Å²) < 4.78 is 1.20. The van der Waals surface area contributed by atoms with Gasteiger partial charge in [0.2, 0.25) is 0 Å². The van der Waals surface area contributed by atoms with Crippen molar-refractivity contribution < 1.29 is 0 Å². The Morgan fingerprint density at radius 3 is 2.37 bits per heavy atom. The van der Waals surface area contributed by atoms with Gasteiger partial charge in [-0.1, -0.05) is 28.1 Å². The van der Waals surface area contributed by atoms with E-state index < -0.39 is 0 Å². The number of nitrogens with one attached hydrogen (secondary N) is 1. The van der Waals surface area contributed by atoms with Crippen LogP contribution in [0.25, 0.3) is 0 Å². The number of hydrogen-bond acceptors (Lipinski definition) is 2. The van der Waals surface area contributed by atoms with E-state index in [2.05, 4.69) is 86.0 Å². The Kier molecular flexibility index (Phi) is 6.03. The highest BCUT2D eigenvalue weighted by Gasteiger charge is 2.10. The van der Waals surface area contributed by atoms with Gasteiger partial charge in [-0.3, -0.25) is 4.90 Å². The van der Waals surface area contributed by atoms with Crippen molar-refractivity contribution in [3.8, 4) is 0 Å². The van der Waals surface area contributed by atoms with Crippen molar-refractivity contribution in [1.29, 1.82) is 0 Å². The molecule has 0 aliphatic rings. The van der Waals surface area contributed by atoms with Crippen LogP contribution < -0.4 is 5.32 Å². The molecular formula is C16H27BrN2. The quantitative estimate of drug-likeness (QED) is 0.873. The molecule has 0 aromatic heterocycles. The van der Waals surface area contributed by atoms with E-state index in [1.807, 2.05) is 0 Å². The summed E-state index contributed by atoms with van der Waals surface area (Å²) in [6.07, 6.45) is 0. The second kappa shape index (κ2) is 6.87. The third-order valence-corrected chi connectivity index (χ3v) is 3.98.